The van der Waals surface area contributed by atoms with Crippen molar-refractivity contribution in [2.24, 2.45) is 0 Å². The van der Waals surface area contributed by atoms with Crippen LogP contribution >= 0.6 is 15.9 Å². The van der Waals surface area contributed by atoms with Crippen LogP contribution in [0.15, 0.2) is 18.2 Å². The number of hydrogen-bond acceptors (Lipinski definition) is 2. The lowest BCUT2D eigenvalue weighted by molar-refractivity contribution is 0.263. The van der Waals surface area contributed by atoms with Crippen LogP contribution in [0.5, 0.6) is 5.75 Å². The number of hydrogen-bond donors (Lipinski definition) is 1. The summed E-state index contributed by atoms with van der Waals surface area (Å²) in [4.78, 5) is 0. The van der Waals surface area contributed by atoms with Crippen molar-refractivity contribution in [3.63, 3.8) is 0 Å². The van der Waals surface area contributed by atoms with E-state index < -0.39 is 0 Å². The number of fused-ring (bicyclic) bond motifs is 1. The van der Waals surface area contributed by atoms with Gasteiger partial charge in [0.2, 0.25) is 0 Å². The second-order valence-electron chi connectivity index (χ2n) is 3.04. The third-order valence-corrected chi connectivity index (χ3v) is 2.94. The molecule has 2 rings (SSSR count). The van der Waals surface area contributed by atoms with Gasteiger partial charge in [-0.1, -0.05) is 0 Å². The Labute approximate surface area is 84.2 Å². The first-order chi connectivity index (χ1) is 6.16. The van der Waals surface area contributed by atoms with E-state index in [-0.39, 0.29) is 16.9 Å². The van der Waals surface area contributed by atoms with Crippen molar-refractivity contribution in [1.29, 1.82) is 0 Å². The van der Waals surface area contributed by atoms with Gasteiger partial charge < -0.3 is 10.1 Å². The van der Waals surface area contributed by atoms with Gasteiger partial charge in [-0.3, -0.25) is 0 Å². The van der Waals surface area contributed by atoms with Crippen LogP contribution in [0, 0.1) is 5.82 Å². The van der Waals surface area contributed by atoms with Crippen molar-refractivity contribution in [2.75, 3.05) is 5.32 Å². The standard InChI is InChI=1S/C9H9BrFNO/c1-5-9(10)13-8-4-6(11)2-3-7(8)12-5/h2-5,9,12H,1H3. The van der Waals surface area contributed by atoms with Gasteiger partial charge in [-0.2, -0.15) is 0 Å². The summed E-state index contributed by atoms with van der Waals surface area (Å²) in [6.45, 7) is 1.99. The lowest BCUT2D eigenvalue weighted by atomic mass is 10.2. The summed E-state index contributed by atoms with van der Waals surface area (Å²) in [5.74, 6) is 0.273. The summed E-state index contributed by atoms with van der Waals surface area (Å²) in [5.41, 5.74) is 0.838. The predicted molar refractivity (Wildman–Crippen MR) is 52.8 cm³/mol. The van der Waals surface area contributed by atoms with Crippen LogP contribution in [0.1, 0.15) is 6.92 Å². The SMILES string of the molecule is CC1Nc2ccc(F)cc2OC1Br. The lowest BCUT2D eigenvalue weighted by Crippen LogP contribution is -2.34. The molecule has 0 aliphatic carbocycles. The Kier molecular flexibility index (Phi) is 2.15. The maximum Gasteiger partial charge on any atom is 0.173 e. The van der Waals surface area contributed by atoms with Gasteiger partial charge in [-0.05, 0) is 35.0 Å². The number of anilines is 1. The van der Waals surface area contributed by atoms with E-state index in [2.05, 4.69) is 21.2 Å². The Morgan fingerprint density at radius 1 is 1.54 bits per heavy atom. The molecule has 1 aliphatic heterocycles. The molecule has 1 aliphatic rings. The monoisotopic (exact) mass is 245 g/mol. The highest BCUT2D eigenvalue weighted by Crippen LogP contribution is 2.33. The summed E-state index contributed by atoms with van der Waals surface area (Å²) in [6.07, 6.45) is 0. The van der Waals surface area contributed by atoms with Crippen molar-refractivity contribution in [3.8, 4) is 5.75 Å². The molecule has 2 unspecified atom stereocenters. The smallest absolute Gasteiger partial charge is 0.173 e. The van der Waals surface area contributed by atoms with Crippen molar-refractivity contribution in [2.45, 2.75) is 18.0 Å². The van der Waals surface area contributed by atoms with E-state index in [9.17, 15) is 4.39 Å². The molecule has 2 atom stereocenters. The minimum Gasteiger partial charge on any atom is -0.475 e. The maximum atomic E-state index is 12.8. The van der Waals surface area contributed by atoms with Crippen LogP contribution in [0.4, 0.5) is 10.1 Å². The van der Waals surface area contributed by atoms with Gasteiger partial charge >= 0.3 is 0 Å². The molecule has 13 heavy (non-hydrogen) atoms. The largest absolute Gasteiger partial charge is 0.475 e. The molecule has 0 spiro atoms. The minimum absolute atomic E-state index is 0.109. The molecule has 1 N–H and O–H groups in total. The van der Waals surface area contributed by atoms with Gasteiger partial charge in [0.25, 0.3) is 0 Å². The van der Waals surface area contributed by atoms with Crippen LogP contribution in [-0.4, -0.2) is 11.1 Å². The second-order valence-corrected chi connectivity index (χ2v) is 3.94. The summed E-state index contributed by atoms with van der Waals surface area (Å²) in [6, 6.07) is 4.65. The van der Waals surface area contributed by atoms with Crippen LogP contribution in [-0.2, 0) is 0 Å². The third kappa shape index (κ3) is 1.63. The van der Waals surface area contributed by atoms with Crippen molar-refractivity contribution < 1.29 is 9.13 Å². The summed E-state index contributed by atoms with van der Waals surface area (Å²) < 4.78 is 18.2. The zero-order valence-electron chi connectivity index (χ0n) is 7.05. The first kappa shape index (κ1) is 8.81. The van der Waals surface area contributed by atoms with Crippen LogP contribution in [0.3, 0.4) is 0 Å². The number of alkyl halides is 1. The molecule has 0 fully saturated rings. The average molecular weight is 246 g/mol. The molecule has 1 aromatic rings. The molecule has 0 amide bonds. The van der Waals surface area contributed by atoms with E-state index in [4.69, 9.17) is 4.74 Å². The minimum atomic E-state index is -0.283. The highest BCUT2D eigenvalue weighted by atomic mass is 79.9. The van der Waals surface area contributed by atoms with Gasteiger partial charge in [-0.25, -0.2) is 4.39 Å². The fraction of sp³-hybridized carbons (Fsp3) is 0.333. The topological polar surface area (TPSA) is 21.3 Å². The molecular formula is C9H9BrFNO. The Morgan fingerprint density at radius 2 is 2.31 bits per heavy atom. The van der Waals surface area contributed by atoms with E-state index >= 15 is 0 Å². The predicted octanol–water partition coefficient (Wildman–Crippen LogP) is 2.74. The Balaban J connectivity index is 2.37. The molecule has 0 saturated heterocycles. The average Bonchev–Trinajstić information content (AvgIpc) is 2.08. The molecule has 2 nitrogen and oxygen atoms in total. The normalized spacial score (nSPS) is 25.8. The summed E-state index contributed by atoms with van der Waals surface area (Å²) in [7, 11) is 0. The first-order valence-electron chi connectivity index (χ1n) is 4.03. The fourth-order valence-corrected chi connectivity index (χ4v) is 1.58. The molecule has 0 radical (unpaired) electrons. The fourth-order valence-electron chi connectivity index (χ4n) is 1.25. The van der Waals surface area contributed by atoms with Gasteiger partial charge in [0, 0.05) is 6.07 Å². The number of rotatable bonds is 0. The molecule has 0 aromatic heterocycles. The van der Waals surface area contributed by atoms with Gasteiger partial charge in [0.1, 0.15) is 11.6 Å². The molecule has 4 heteroatoms. The molecule has 0 saturated carbocycles. The van der Waals surface area contributed by atoms with Crippen molar-refractivity contribution in [1.82, 2.24) is 0 Å². The van der Waals surface area contributed by atoms with E-state index in [1.165, 1.54) is 12.1 Å². The molecule has 70 valence electrons. The van der Waals surface area contributed by atoms with Crippen molar-refractivity contribution in [3.05, 3.63) is 24.0 Å². The zero-order chi connectivity index (χ0) is 9.42. The third-order valence-electron chi connectivity index (χ3n) is 1.96. The van der Waals surface area contributed by atoms with Gasteiger partial charge in [-0.15, -0.1) is 0 Å². The number of ether oxygens (including phenoxy) is 1. The van der Waals surface area contributed by atoms with Crippen LogP contribution in [0.25, 0.3) is 0 Å². The Hall–Kier alpha value is -0.770. The Morgan fingerprint density at radius 3 is 3.08 bits per heavy atom. The first-order valence-corrected chi connectivity index (χ1v) is 4.95. The van der Waals surface area contributed by atoms with E-state index in [0.717, 1.165) is 5.69 Å². The quantitative estimate of drug-likeness (QED) is 0.710. The zero-order valence-corrected chi connectivity index (χ0v) is 8.64. The number of benzene rings is 1. The van der Waals surface area contributed by atoms with E-state index in [1.807, 2.05) is 6.92 Å². The molecule has 0 bridgehead atoms. The number of halogens is 2. The van der Waals surface area contributed by atoms with Gasteiger partial charge in [0.15, 0.2) is 5.01 Å². The molecule has 1 aromatic carbocycles. The number of nitrogens with one attached hydrogen (secondary N) is 1. The Bertz CT molecular complexity index is 331. The second kappa shape index (κ2) is 3.18. The molecular weight excluding hydrogens is 237 g/mol. The van der Waals surface area contributed by atoms with Crippen LogP contribution in [0.2, 0.25) is 0 Å². The summed E-state index contributed by atoms with van der Waals surface area (Å²) in [5, 5.41) is 3.09. The molecule has 1 heterocycles. The maximum absolute atomic E-state index is 12.8. The summed E-state index contributed by atoms with van der Waals surface area (Å²) >= 11 is 3.34. The lowest BCUT2D eigenvalue weighted by Gasteiger charge is -2.29. The van der Waals surface area contributed by atoms with Gasteiger partial charge in [0.05, 0.1) is 11.7 Å². The van der Waals surface area contributed by atoms with E-state index in [0.29, 0.717) is 5.75 Å². The van der Waals surface area contributed by atoms with Crippen LogP contribution < -0.4 is 10.1 Å². The van der Waals surface area contributed by atoms with Crippen molar-refractivity contribution >= 4 is 21.6 Å². The highest BCUT2D eigenvalue weighted by molar-refractivity contribution is 9.09. The highest BCUT2D eigenvalue weighted by Gasteiger charge is 2.23. The van der Waals surface area contributed by atoms with E-state index in [1.54, 1.807) is 6.07 Å².